The van der Waals surface area contributed by atoms with Crippen molar-refractivity contribution < 1.29 is 14.3 Å². The van der Waals surface area contributed by atoms with Gasteiger partial charge in [-0.2, -0.15) is 0 Å². The van der Waals surface area contributed by atoms with Crippen molar-refractivity contribution in [2.45, 2.75) is 25.9 Å². The van der Waals surface area contributed by atoms with Crippen LogP contribution in [0.1, 0.15) is 19.8 Å². The summed E-state index contributed by atoms with van der Waals surface area (Å²) in [6, 6.07) is 0. The van der Waals surface area contributed by atoms with Crippen molar-refractivity contribution in [3.8, 4) is 0 Å². The zero-order valence-corrected chi connectivity index (χ0v) is 7.00. The van der Waals surface area contributed by atoms with Crippen LogP contribution in [-0.4, -0.2) is 25.8 Å². The summed E-state index contributed by atoms with van der Waals surface area (Å²) in [5.41, 5.74) is 0. The molecule has 2 atom stereocenters. The van der Waals surface area contributed by atoms with Crippen molar-refractivity contribution in [2.24, 2.45) is 5.92 Å². The second-order valence-corrected chi connectivity index (χ2v) is 2.96. The molecule has 0 amide bonds. The molecule has 0 radical (unpaired) electrons. The smallest absolute Gasteiger partial charge is 0.308 e. The standard InChI is InChI=1S/C8H14O3/c1-6-3-4-11-7(6)5-8(9)10-2/h6-7H,3-5H2,1-2H3. The Morgan fingerprint density at radius 1 is 1.73 bits per heavy atom. The molecule has 1 aliphatic heterocycles. The summed E-state index contributed by atoms with van der Waals surface area (Å²) in [7, 11) is 1.40. The highest BCUT2D eigenvalue weighted by molar-refractivity contribution is 5.69. The Bertz CT molecular complexity index is 144. The first-order chi connectivity index (χ1) is 5.24. The summed E-state index contributed by atoms with van der Waals surface area (Å²) in [4.78, 5) is 10.8. The predicted molar refractivity (Wildman–Crippen MR) is 40.2 cm³/mol. The Labute approximate surface area is 66.7 Å². The molecule has 11 heavy (non-hydrogen) atoms. The van der Waals surface area contributed by atoms with Crippen molar-refractivity contribution in [3.63, 3.8) is 0 Å². The van der Waals surface area contributed by atoms with Gasteiger partial charge in [-0.1, -0.05) is 6.92 Å². The van der Waals surface area contributed by atoms with E-state index in [4.69, 9.17) is 4.74 Å². The molecular weight excluding hydrogens is 144 g/mol. The molecule has 0 aliphatic carbocycles. The average Bonchev–Trinajstić information content (AvgIpc) is 2.37. The number of hydrogen-bond acceptors (Lipinski definition) is 3. The van der Waals surface area contributed by atoms with E-state index in [0.29, 0.717) is 12.3 Å². The van der Waals surface area contributed by atoms with E-state index in [0.717, 1.165) is 13.0 Å². The highest BCUT2D eigenvalue weighted by atomic mass is 16.5. The predicted octanol–water partition coefficient (Wildman–Crippen LogP) is 0.974. The average molecular weight is 158 g/mol. The van der Waals surface area contributed by atoms with Gasteiger partial charge in [0.1, 0.15) is 0 Å². The molecule has 1 aliphatic rings. The summed E-state index contributed by atoms with van der Waals surface area (Å²) in [5, 5.41) is 0. The molecule has 0 spiro atoms. The van der Waals surface area contributed by atoms with Crippen LogP contribution in [0.3, 0.4) is 0 Å². The topological polar surface area (TPSA) is 35.5 Å². The lowest BCUT2D eigenvalue weighted by atomic mass is 10.0. The van der Waals surface area contributed by atoms with Crippen LogP contribution in [0.25, 0.3) is 0 Å². The van der Waals surface area contributed by atoms with Gasteiger partial charge in [0.2, 0.25) is 0 Å². The van der Waals surface area contributed by atoms with Crippen molar-refractivity contribution in [1.82, 2.24) is 0 Å². The Morgan fingerprint density at radius 2 is 2.45 bits per heavy atom. The first kappa shape index (κ1) is 8.53. The number of hydrogen-bond donors (Lipinski definition) is 0. The number of methoxy groups -OCH3 is 1. The second kappa shape index (κ2) is 3.72. The normalized spacial score (nSPS) is 30.4. The van der Waals surface area contributed by atoms with Crippen LogP contribution in [0.4, 0.5) is 0 Å². The lowest BCUT2D eigenvalue weighted by molar-refractivity contribution is -0.143. The minimum absolute atomic E-state index is 0.0856. The van der Waals surface area contributed by atoms with Gasteiger partial charge in [0.05, 0.1) is 19.6 Å². The number of carbonyl (C=O) groups is 1. The van der Waals surface area contributed by atoms with E-state index in [2.05, 4.69) is 11.7 Å². The monoisotopic (exact) mass is 158 g/mol. The summed E-state index contributed by atoms with van der Waals surface area (Å²) < 4.78 is 9.88. The molecule has 0 aromatic heterocycles. The maximum absolute atomic E-state index is 10.8. The lowest BCUT2D eigenvalue weighted by Crippen LogP contribution is -2.18. The SMILES string of the molecule is COC(=O)CC1OCCC1C. The molecule has 0 N–H and O–H groups in total. The van der Waals surface area contributed by atoms with Gasteiger partial charge >= 0.3 is 5.97 Å². The van der Waals surface area contributed by atoms with Crippen LogP contribution in [0.2, 0.25) is 0 Å². The van der Waals surface area contributed by atoms with Gasteiger partial charge in [0.15, 0.2) is 0 Å². The third-order valence-electron chi connectivity index (χ3n) is 2.14. The van der Waals surface area contributed by atoms with Gasteiger partial charge < -0.3 is 9.47 Å². The van der Waals surface area contributed by atoms with E-state index in [1.807, 2.05) is 0 Å². The highest BCUT2D eigenvalue weighted by Gasteiger charge is 2.26. The molecular formula is C8H14O3. The third kappa shape index (κ3) is 2.19. The van der Waals surface area contributed by atoms with Crippen molar-refractivity contribution in [2.75, 3.05) is 13.7 Å². The van der Waals surface area contributed by atoms with Crippen LogP contribution in [-0.2, 0) is 14.3 Å². The number of rotatable bonds is 2. The third-order valence-corrected chi connectivity index (χ3v) is 2.14. The van der Waals surface area contributed by atoms with Crippen LogP contribution in [0.15, 0.2) is 0 Å². The molecule has 2 unspecified atom stereocenters. The first-order valence-electron chi connectivity index (χ1n) is 3.92. The van der Waals surface area contributed by atoms with Crippen LogP contribution >= 0.6 is 0 Å². The van der Waals surface area contributed by atoms with Crippen LogP contribution in [0, 0.1) is 5.92 Å². The molecule has 0 aromatic carbocycles. The quantitative estimate of drug-likeness (QED) is 0.562. The fourth-order valence-corrected chi connectivity index (χ4v) is 1.26. The fraction of sp³-hybridized carbons (Fsp3) is 0.875. The summed E-state index contributed by atoms with van der Waals surface area (Å²) in [5.74, 6) is 0.317. The molecule has 1 saturated heterocycles. The molecule has 0 saturated carbocycles. The maximum atomic E-state index is 10.8. The van der Waals surface area contributed by atoms with Crippen LogP contribution < -0.4 is 0 Å². The maximum Gasteiger partial charge on any atom is 0.308 e. The largest absolute Gasteiger partial charge is 0.469 e. The molecule has 3 heteroatoms. The van der Waals surface area contributed by atoms with Crippen molar-refractivity contribution >= 4 is 5.97 Å². The zero-order chi connectivity index (χ0) is 8.27. The Balaban J connectivity index is 2.30. The van der Waals surface area contributed by atoms with Gasteiger partial charge in [0.25, 0.3) is 0 Å². The Hall–Kier alpha value is -0.570. The Kier molecular flexibility index (Phi) is 2.88. The minimum Gasteiger partial charge on any atom is -0.469 e. The molecule has 0 aromatic rings. The molecule has 1 heterocycles. The molecule has 0 bridgehead atoms. The Morgan fingerprint density at radius 3 is 2.91 bits per heavy atom. The number of ether oxygens (including phenoxy) is 2. The lowest BCUT2D eigenvalue weighted by Gasteiger charge is -2.11. The molecule has 64 valence electrons. The van der Waals surface area contributed by atoms with E-state index in [-0.39, 0.29) is 12.1 Å². The molecule has 1 rings (SSSR count). The fourth-order valence-electron chi connectivity index (χ4n) is 1.26. The number of esters is 1. The summed E-state index contributed by atoms with van der Waals surface area (Å²) in [6.07, 6.45) is 1.54. The van der Waals surface area contributed by atoms with Gasteiger partial charge in [-0.3, -0.25) is 4.79 Å². The first-order valence-corrected chi connectivity index (χ1v) is 3.92. The second-order valence-electron chi connectivity index (χ2n) is 2.96. The van der Waals surface area contributed by atoms with E-state index >= 15 is 0 Å². The van der Waals surface area contributed by atoms with Crippen molar-refractivity contribution in [3.05, 3.63) is 0 Å². The summed E-state index contributed by atoms with van der Waals surface area (Å²) in [6.45, 7) is 2.88. The van der Waals surface area contributed by atoms with E-state index in [1.165, 1.54) is 7.11 Å². The summed E-state index contributed by atoms with van der Waals surface area (Å²) >= 11 is 0. The number of carbonyl (C=O) groups excluding carboxylic acids is 1. The van der Waals surface area contributed by atoms with Gasteiger partial charge in [0, 0.05) is 6.61 Å². The molecule has 3 nitrogen and oxygen atoms in total. The van der Waals surface area contributed by atoms with E-state index in [9.17, 15) is 4.79 Å². The van der Waals surface area contributed by atoms with E-state index < -0.39 is 0 Å². The van der Waals surface area contributed by atoms with Gasteiger partial charge in [-0.25, -0.2) is 0 Å². The van der Waals surface area contributed by atoms with Gasteiger partial charge in [-0.15, -0.1) is 0 Å². The van der Waals surface area contributed by atoms with Crippen LogP contribution in [0.5, 0.6) is 0 Å². The van der Waals surface area contributed by atoms with Gasteiger partial charge in [-0.05, 0) is 12.3 Å². The zero-order valence-electron chi connectivity index (χ0n) is 7.00. The van der Waals surface area contributed by atoms with Crippen molar-refractivity contribution in [1.29, 1.82) is 0 Å². The van der Waals surface area contributed by atoms with E-state index in [1.54, 1.807) is 0 Å². The highest BCUT2D eigenvalue weighted by Crippen LogP contribution is 2.22. The molecule has 1 fully saturated rings. The minimum atomic E-state index is -0.177.